The second-order valence-electron chi connectivity index (χ2n) is 3.86. The van der Waals surface area contributed by atoms with Crippen LogP contribution in [0.4, 0.5) is 4.79 Å². The van der Waals surface area contributed by atoms with Crippen molar-refractivity contribution in [2.24, 2.45) is 16.5 Å². The standard InChI is InChI=1S/C11H14N4O/c12-10(13)15-11(16)14-9-5-7-3-1-2-4-8(7)6-9/h1-4,9H,5-6H2,(H5,12,13,14,15,16). The summed E-state index contributed by atoms with van der Waals surface area (Å²) in [6, 6.07) is 7.76. The number of hydrogen-bond donors (Lipinski definition) is 3. The number of benzene rings is 1. The van der Waals surface area contributed by atoms with Crippen molar-refractivity contribution in [2.75, 3.05) is 0 Å². The summed E-state index contributed by atoms with van der Waals surface area (Å²) >= 11 is 0. The lowest BCUT2D eigenvalue weighted by Crippen LogP contribution is -2.35. The molecule has 0 saturated carbocycles. The van der Waals surface area contributed by atoms with Crippen LogP contribution in [0.2, 0.25) is 0 Å². The maximum absolute atomic E-state index is 11.3. The summed E-state index contributed by atoms with van der Waals surface area (Å²) in [7, 11) is 0. The average molecular weight is 218 g/mol. The van der Waals surface area contributed by atoms with Crippen molar-refractivity contribution in [3.8, 4) is 0 Å². The maximum Gasteiger partial charge on any atom is 0.344 e. The summed E-state index contributed by atoms with van der Waals surface area (Å²) in [5.74, 6) is -0.215. The van der Waals surface area contributed by atoms with E-state index in [4.69, 9.17) is 11.5 Å². The van der Waals surface area contributed by atoms with Crippen molar-refractivity contribution in [1.82, 2.24) is 5.32 Å². The number of hydrogen-bond acceptors (Lipinski definition) is 1. The molecule has 0 aliphatic heterocycles. The van der Waals surface area contributed by atoms with Crippen molar-refractivity contribution in [2.45, 2.75) is 18.9 Å². The van der Waals surface area contributed by atoms with E-state index in [0.29, 0.717) is 0 Å². The first kappa shape index (κ1) is 10.5. The molecule has 0 spiro atoms. The van der Waals surface area contributed by atoms with Gasteiger partial charge in [-0.2, -0.15) is 4.99 Å². The van der Waals surface area contributed by atoms with Crippen molar-refractivity contribution in [1.29, 1.82) is 0 Å². The smallest absolute Gasteiger partial charge is 0.344 e. The van der Waals surface area contributed by atoms with Crippen molar-refractivity contribution >= 4 is 12.0 Å². The van der Waals surface area contributed by atoms with Gasteiger partial charge in [-0.1, -0.05) is 24.3 Å². The third kappa shape index (κ3) is 2.31. The monoisotopic (exact) mass is 218 g/mol. The lowest BCUT2D eigenvalue weighted by atomic mass is 10.1. The van der Waals surface area contributed by atoms with E-state index in [1.54, 1.807) is 0 Å². The SMILES string of the molecule is NC(N)=NC(=O)NC1Cc2ccccc2C1. The number of carbonyl (C=O) groups is 1. The van der Waals surface area contributed by atoms with Gasteiger partial charge in [0.05, 0.1) is 0 Å². The zero-order valence-electron chi connectivity index (χ0n) is 8.81. The van der Waals surface area contributed by atoms with E-state index < -0.39 is 6.03 Å². The minimum atomic E-state index is -0.474. The van der Waals surface area contributed by atoms with Crippen molar-refractivity contribution < 1.29 is 4.79 Å². The second-order valence-corrected chi connectivity index (χ2v) is 3.86. The molecule has 0 heterocycles. The van der Waals surface area contributed by atoms with Gasteiger partial charge in [0.25, 0.3) is 0 Å². The molecule has 1 aromatic rings. The molecule has 0 fully saturated rings. The number of nitrogens with zero attached hydrogens (tertiary/aromatic N) is 1. The van der Waals surface area contributed by atoms with Crippen molar-refractivity contribution in [3.05, 3.63) is 35.4 Å². The normalized spacial score (nSPS) is 14.2. The Morgan fingerprint density at radius 3 is 2.31 bits per heavy atom. The third-order valence-electron chi connectivity index (χ3n) is 2.61. The van der Waals surface area contributed by atoms with E-state index in [9.17, 15) is 4.79 Å². The number of amides is 2. The Morgan fingerprint density at radius 1 is 1.25 bits per heavy atom. The van der Waals surface area contributed by atoms with Gasteiger partial charge >= 0.3 is 6.03 Å². The summed E-state index contributed by atoms with van der Waals surface area (Å²) in [5, 5.41) is 2.77. The fraction of sp³-hybridized carbons (Fsp3) is 0.273. The molecule has 0 saturated heterocycles. The highest BCUT2D eigenvalue weighted by atomic mass is 16.2. The van der Waals surface area contributed by atoms with E-state index in [1.807, 2.05) is 12.1 Å². The number of carbonyl (C=O) groups excluding carboxylic acids is 1. The molecule has 5 heteroatoms. The van der Waals surface area contributed by atoms with E-state index in [0.717, 1.165) is 12.8 Å². The van der Waals surface area contributed by atoms with E-state index in [2.05, 4.69) is 22.4 Å². The number of aliphatic imine (C=N–C) groups is 1. The zero-order chi connectivity index (χ0) is 11.5. The Morgan fingerprint density at radius 2 is 1.81 bits per heavy atom. The van der Waals surface area contributed by atoms with Gasteiger partial charge < -0.3 is 16.8 Å². The van der Waals surface area contributed by atoms with Crippen molar-refractivity contribution in [3.63, 3.8) is 0 Å². The summed E-state index contributed by atoms with van der Waals surface area (Å²) in [6.07, 6.45) is 1.67. The fourth-order valence-electron chi connectivity index (χ4n) is 1.99. The largest absolute Gasteiger partial charge is 0.370 e. The fourth-order valence-corrected chi connectivity index (χ4v) is 1.99. The number of nitrogens with two attached hydrogens (primary N) is 2. The Hall–Kier alpha value is -2.04. The molecule has 0 bridgehead atoms. The molecule has 0 aromatic heterocycles. The summed E-state index contributed by atoms with van der Waals surface area (Å²) in [5.41, 5.74) is 12.8. The second kappa shape index (κ2) is 4.22. The topological polar surface area (TPSA) is 93.5 Å². The molecule has 2 amide bonds. The molecular weight excluding hydrogens is 204 g/mol. The predicted molar refractivity (Wildman–Crippen MR) is 62.0 cm³/mol. The molecular formula is C11H14N4O. The van der Waals surface area contributed by atoms with Crippen LogP contribution in [0.15, 0.2) is 29.3 Å². The quantitative estimate of drug-likeness (QED) is 0.462. The number of rotatable bonds is 1. The van der Waals surface area contributed by atoms with Crippen LogP contribution in [0.25, 0.3) is 0 Å². The van der Waals surface area contributed by atoms with Gasteiger partial charge in [-0.15, -0.1) is 0 Å². The molecule has 0 radical (unpaired) electrons. The third-order valence-corrected chi connectivity index (χ3v) is 2.61. The highest BCUT2D eigenvalue weighted by molar-refractivity contribution is 5.90. The minimum Gasteiger partial charge on any atom is -0.370 e. The van der Waals surface area contributed by atoms with Gasteiger partial charge in [-0.3, -0.25) is 0 Å². The minimum absolute atomic E-state index is 0.0907. The number of fused-ring (bicyclic) bond motifs is 1. The molecule has 1 aliphatic rings. The Bertz CT molecular complexity index is 412. The Labute approximate surface area is 93.5 Å². The van der Waals surface area contributed by atoms with Gasteiger partial charge in [0.1, 0.15) is 0 Å². The van der Waals surface area contributed by atoms with Gasteiger partial charge in [0.2, 0.25) is 0 Å². The highest BCUT2D eigenvalue weighted by Crippen LogP contribution is 2.21. The van der Waals surface area contributed by atoms with Crippen LogP contribution in [0.3, 0.4) is 0 Å². The molecule has 5 N–H and O–H groups in total. The lowest BCUT2D eigenvalue weighted by molar-refractivity contribution is 0.246. The summed E-state index contributed by atoms with van der Waals surface area (Å²) in [4.78, 5) is 14.7. The molecule has 5 nitrogen and oxygen atoms in total. The Balaban J connectivity index is 1.97. The zero-order valence-corrected chi connectivity index (χ0v) is 8.81. The molecule has 84 valence electrons. The number of urea groups is 1. The van der Waals surface area contributed by atoms with Crippen LogP contribution in [-0.2, 0) is 12.8 Å². The lowest BCUT2D eigenvalue weighted by Gasteiger charge is -2.08. The summed E-state index contributed by atoms with van der Waals surface area (Å²) in [6.45, 7) is 0. The average Bonchev–Trinajstić information content (AvgIpc) is 2.57. The van der Waals surface area contributed by atoms with Crippen LogP contribution in [-0.4, -0.2) is 18.0 Å². The number of nitrogens with one attached hydrogen (secondary N) is 1. The van der Waals surface area contributed by atoms with E-state index >= 15 is 0 Å². The number of guanidine groups is 1. The van der Waals surface area contributed by atoms with E-state index in [1.165, 1.54) is 11.1 Å². The van der Waals surface area contributed by atoms with Crippen LogP contribution >= 0.6 is 0 Å². The van der Waals surface area contributed by atoms with E-state index in [-0.39, 0.29) is 12.0 Å². The van der Waals surface area contributed by atoms with Gasteiger partial charge in [-0.05, 0) is 24.0 Å². The van der Waals surface area contributed by atoms with Crippen LogP contribution < -0.4 is 16.8 Å². The molecule has 2 rings (SSSR count). The first-order chi connectivity index (χ1) is 7.65. The van der Waals surface area contributed by atoms with Gasteiger partial charge in [-0.25, -0.2) is 4.79 Å². The van der Waals surface area contributed by atoms with Crippen LogP contribution in [0.5, 0.6) is 0 Å². The van der Waals surface area contributed by atoms with Gasteiger partial charge in [0.15, 0.2) is 5.96 Å². The Kier molecular flexibility index (Phi) is 2.76. The first-order valence-electron chi connectivity index (χ1n) is 5.12. The summed E-state index contributed by atoms with van der Waals surface area (Å²) < 4.78 is 0. The molecule has 16 heavy (non-hydrogen) atoms. The molecule has 1 aliphatic carbocycles. The molecule has 0 atom stereocenters. The highest BCUT2D eigenvalue weighted by Gasteiger charge is 2.21. The van der Waals surface area contributed by atoms with Crippen LogP contribution in [0.1, 0.15) is 11.1 Å². The maximum atomic E-state index is 11.3. The molecule has 0 unspecified atom stereocenters. The van der Waals surface area contributed by atoms with Crippen LogP contribution in [0, 0.1) is 0 Å². The van der Waals surface area contributed by atoms with Gasteiger partial charge in [0, 0.05) is 6.04 Å². The first-order valence-corrected chi connectivity index (χ1v) is 5.12. The predicted octanol–water partition coefficient (Wildman–Crippen LogP) is 0.137. The molecule has 1 aromatic carbocycles.